The molecule has 2 aliphatic rings. The molecule has 2 fully saturated rings. The van der Waals surface area contributed by atoms with Gasteiger partial charge in [-0.05, 0) is 45.4 Å². The van der Waals surface area contributed by atoms with E-state index in [0.717, 1.165) is 62.4 Å². The highest BCUT2D eigenvalue weighted by Crippen LogP contribution is 2.27. The van der Waals surface area contributed by atoms with Crippen LogP contribution in [0.25, 0.3) is 0 Å². The van der Waals surface area contributed by atoms with Crippen molar-refractivity contribution in [3.8, 4) is 0 Å². The third-order valence-electron chi connectivity index (χ3n) is 5.08. The summed E-state index contributed by atoms with van der Waals surface area (Å²) in [5.74, 6) is 1.08. The van der Waals surface area contributed by atoms with Crippen molar-refractivity contribution < 1.29 is 4.74 Å². The maximum atomic E-state index is 5.43. The number of nitrogens with zero attached hydrogens (tertiary/aromatic N) is 3. The molecule has 0 atom stereocenters. The van der Waals surface area contributed by atoms with E-state index >= 15 is 0 Å². The van der Waals surface area contributed by atoms with Gasteiger partial charge in [-0.25, -0.2) is 9.97 Å². The van der Waals surface area contributed by atoms with Gasteiger partial charge in [0.2, 0.25) is 0 Å². The minimum absolute atomic E-state index is 0.590. The van der Waals surface area contributed by atoms with E-state index in [1.165, 1.54) is 31.2 Å². The second-order valence-corrected chi connectivity index (χ2v) is 7.58. The minimum Gasteiger partial charge on any atom is -0.379 e. The van der Waals surface area contributed by atoms with E-state index in [1.807, 2.05) is 6.26 Å². The second kappa shape index (κ2) is 9.02. The lowest BCUT2D eigenvalue weighted by molar-refractivity contribution is 0.0374. The van der Waals surface area contributed by atoms with E-state index in [-0.39, 0.29) is 0 Å². The molecule has 1 aliphatic heterocycles. The molecule has 3 rings (SSSR count). The fraction of sp³-hybridized carbons (Fsp3) is 0.778. The Morgan fingerprint density at radius 2 is 1.96 bits per heavy atom. The first-order chi connectivity index (χ1) is 11.8. The summed E-state index contributed by atoms with van der Waals surface area (Å²) in [6.07, 6.45) is 9.46. The minimum atomic E-state index is 0.590. The molecule has 0 bridgehead atoms. The van der Waals surface area contributed by atoms with E-state index < -0.39 is 0 Å². The predicted molar refractivity (Wildman–Crippen MR) is 100 cm³/mol. The number of thioether (sulfide) groups is 1. The number of rotatable bonds is 7. The highest BCUT2D eigenvalue weighted by molar-refractivity contribution is 7.98. The zero-order chi connectivity index (χ0) is 16.8. The van der Waals surface area contributed by atoms with Crippen LogP contribution < -0.4 is 5.32 Å². The molecule has 0 amide bonds. The van der Waals surface area contributed by atoms with Crippen LogP contribution in [0.5, 0.6) is 0 Å². The summed E-state index contributed by atoms with van der Waals surface area (Å²) < 4.78 is 5.43. The van der Waals surface area contributed by atoms with Crippen LogP contribution in [0.3, 0.4) is 0 Å². The molecule has 24 heavy (non-hydrogen) atoms. The largest absolute Gasteiger partial charge is 0.379 e. The molecule has 5 nitrogen and oxygen atoms in total. The zero-order valence-corrected chi connectivity index (χ0v) is 15.8. The Hall–Kier alpha value is -0.850. The van der Waals surface area contributed by atoms with Gasteiger partial charge in [0.25, 0.3) is 0 Å². The van der Waals surface area contributed by atoms with Crippen molar-refractivity contribution in [1.82, 2.24) is 14.9 Å². The first-order valence-electron chi connectivity index (χ1n) is 9.24. The van der Waals surface area contributed by atoms with Crippen LogP contribution in [0, 0.1) is 6.92 Å². The molecule has 2 heterocycles. The number of hydrogen-bond donors (Lipinski definition) is 1. The Balaban J connectivity index is 1.64. The summed E-state index contributed by atoms with van der Waals surface area (Å²) >= 11 is 1.63. The summed E-state index contributed by atoms with van der Waals surface area (Å²) in [4.78, 5) is 12.0. The van der Waals surface area contributed by atoms with Crippen molar-refractivity contribution in [2.45, 2.75) is 56.6 Å². The van der Waals surface area contributed by atoms with Crippen molar-refractivity contribution >= 4 is 17.6 Å². The molecule has 1 saturated heterocycles. The van der Waals surface area contributed by atoms with E-state index in [4.69, 9.17) is 9.72 Å². The lowest BCUT2D eigenvalue weighted by Crippen LogP contribution is -2.37. The monoisotopic (exact) mass is 350 g/mol. The van der Waals surface area contributed by atoms with Gasteiger partial charge in [0, 0.05) is 30.4 Å². The SMILES string of the molecule is CSc1nc(C)c(CCCN2CCOCC2)c(NC2CCCC2)n1. The van der Waals surface area contributed by atoms with Crippen molar-refractivity contribution in [2.75, 3.05) is 44.4 Å². The van der Waals surface area contributed by atoms with Crippen LogP contribution in [0.4, 0.5) is 5.82 Å². The third kappa shape index (κ3) is 4.83. The molecule has 1 saturated carbocycles. The number of nitrogens with one attached hydrogen (secondary N) is 1. The lowest BCUT2D eigenvalue weighted by atomic mass is 10.1. The third-order valence-corrected chi connectivity index (χ3v) is 5.62. The van der Waals surface area contributed by atoms with Gasteiger partial charge in [0.05, 0.1) is 13.2 Å². The van der Waals surface area contributed by atoms with Gasteiger partial charge in [0.1, 0.15) is 5.82 Å². The molecule has 0 radical (unpaired) electrons. The molecule has 134 valence electrons. The molecular formula is C18H30N4OS. The molecule has 0 spiro atoms. The Labute approximate surface area is 150 Å². The molecule has 1 N–H and O–H groups in total. The van der Waals surface area contributed by atoms with Crippen LogP contribution in [-0.2, 0) is 11.2 Å². The summed E-state index contributed by atoms with van der Waals surface area (Å²) in [7, 11) is 0. The fourth-order valence-electron chi connectivity index (χ4n) is 3.65. The first-order valence-corrected chi connectivity index (χ1v) is 10.5. The van der Waals surface area contributed by atoms with Gasteiger partial charge in [0.15, 0.2) is 5.16 Å². The molecule has 6 heteroatoms. The van der Waals surface area contributed by atoms with Gasteiger partial charge < -0.3 is 10.1 Å². The van der Waals surface area contributed by atoms with Crippen molar-refractivity contribution in [3.63, 3.8) is 0 Å². The molecule has 0 unspecified atom stereocenters. The number of aromatic nitrogens is 2. The molecule has 1 aromatic heterocycles. The van der Waals surface area contributed by atoms with Crippen LogP contribution in [0.2, 0.25) is 0 Å². The summed E-state index contributed by atoms with van der Waals surface area (Å²) in [6.45, 7) is 7.14. The summed E-state index contributed by atoms with van der Waals surface area (Å²) in [5.41, 5.74) is 2.45. The van der Waals surface area contributed by atoms with E-state index in [0.29, 0.717) is 6.04 Å². The maximum Gasteiger partial charge on any atom is 0.189 e. The lowest BCUT2D eigenvalue weighted by Gasteiger charge is -2.26. The highest BCUT2D eigenvalue weighted by Gasteiger charge is 2.19. The van der Waals surface area contributed by atoms with E-state index in [2.05, 4.69) is 22.1 Å². The highest BCUT2D eigenvalue weighted by atomic mass is 32.2. The Bertz CT molecular complexity index is 528. The second-order valence-electron chi connectivity index (χ2n) is 6.81. The number of aryl methyl sites for hydroxylation is 1. The standard InChI is InChI=1S/C18H30N4OS/c1-14-16(8-5-9-22-10-12-23-13-11-22)17(21-18(19-14)24-2)20-15-6-3-4-7-15/h15H,3-13H2,1-2H3,(H,19,20,21). The van der Waals surface area contributed by atoms with Gasteiger partial charge in [-0.1, -0.05) is 24.6 Å². The fourth-order valence-corrected chi connectivity index (χ4v) is 4.06. The Morgan fingerprint density at radius 3 is 2.67 bits per heavy atom. The molecule has 1 aromatic rings. The average molecular weight is 351 g/mol. The number of ether oxygens (including phenoxy) is 1. The van der Waals surface area contributed by atoms with Crippen LogP contribution >= 0.6 is 11.8 Å². The zero-order valence-electron chi connectivity index (χ0n) is 15.0. The van der Waals surface area contributed by atoms with Crippen molar-refractivity contribution in [2.24, 2.45) is 0 Å². The summed E-state index contributed by atoms with van der Waals surface area (Å²) in [5, 5.41) is 4.59. The average Bonchev–Trinajstić information content (AvgIpc) is 3.11. The van der Waals surface area contributed by atoms with E-state index in [1.54, 1.807) is 11.8 Å². The maximum absolute atomic E-state index is 5.43. The quantitative estimate of drug-likeness (QED) is 0.602. The number of hydrogen-bond acceptors (Lipinski definition) is 6. The Morgan fingerprint density at radius 1 is 1.21 bits per heavy atom. The molecular weight excluding hydrogens is 320 g/mol. The molecule has 0 aromatic carbocycles. The van der Waals surface area contributed by atoms with Crippen LogP contribution in [-0.4, -0.2) is 60.0 Å². The summed E-state index contributed by atoms with van der Waals surface area (Å²) in [6, 6.07) is 0.590. The van der Waals surface area contributed by atoms with Crippen LogP contribution in [0.15, 0.2) is 5.16 Å². The topological polar surface area (TPSA) is 50.3 Å². The smallest absolute Gasteiger partial charge is 0.189 e. The van der Waals surface area contributed by atoms with Gasteiger partial charge in [-0.2, -0.15) is 0 Å². The normalized spacial score (nSPS) is 19.8. The van der Waals surface area contributed by atoms with Crippen molar-refractivity contribution in [3.05, 3.63) is 11.3 Å². The van der Waals surface area contributed by atoms with E-state index in [9.17, 15) is 0 Å². The van der Waals surface area contributed by atoms with Gasteiger partial charge in [-0.3, -0.25) is 4.90 Å². The Kier molecular flexibility index (Phi) is 6.75. The van der Waals surface area contributed by atoms with Gasteiger partial charge >= 0.3 is 0 Å². The van der Waals surface area contributed by atoms with Crippen LogP contribution in [0.1, 0.15) is 43.4 Å². The molecule has 1 aliphatic carbocycles. The number of anilines is 1. The number of morpholine rings is 1. The van der Waals surface area contributed by atoms with Crippen molar-refractivity contribution in [1.29, 1.82) is 0 Å². The predicted octanol–water partition coefficient (Wildman–Crippen LogP) is 3.13. The first kappa shape index (κ1) is 18.0. The van der Waals surface area contributed by atoms with Gasteiger partial charge in [-0.15, -0.1) is 0 Å².